The fourth-order valence-corrected chi connectivity index (χ4v) is 1.88. The third kappa shape index (κ3) is 1.10. The molecule has 1 saturated heterocycles. The van der Waals surface area contributed by atoms with E-state index in [1.165, 1.54) is 0 Å². The Labute approximate surface area is 74.0 Å². The zero-order chi connectivity index (χ0) is 9.64. The van der Waals surface area contributed by atoms with Gasteiger partial charge in [0.2, 0.25) is 5.91 Å². The number of rotatable bonds is 1. The lowest BCUT2D eigenvalue weighted by Crippen LogP contribution is -2.47. The third-order valence-electron chi connectivity index (χ3n) is 2.67. The van der Waals surface area contributed by atoms with Crippen molar-refractivity contribution in [1.82, 2.24) is 5.48 Å². The molecule has 0 unspecified atom stereocenters. The van der Waals surface area contributed by atoms with Gasteiger partial charge in [-0.3, -0.25) is 14.4 Å². The van der Waals surface area contributed by atoms with Gasteiger partial charge in [-0.25, -0.2) is 5.48 Å². The molecule has 0 spiro atoms. The fraction of sp³-hybridized carbons (Fsp3) is 0.714. The topological polar surface area (TPSA) is 102 Å². The number of carbonyl (C=O) groups is 2. The lowest BCUT2D eigenvalue weighted by Gasteiger charge is -2.18. The van der Waals surface area contributed by atoms with Crippen LogP contribution in [0.25, 0.3) is 0 Å². The van der Waals surface area contributed by atoms with E-state index in [0.717, 1.165) is 0 Å². The highest BCUT2D eigenvalue weighted by atomic mass is 16.7. The highest BCUT2D eigenvalue weighted by Crippen LogP contribution is 2.37. The second kappa shape index (κ2) is 2.43. The first kappa shape index (κ1) is 8.46. The molecule has 0 aromatic carbocycles. The number of carboxylic acids is 1. The molecular weight excluding hydrogens is 176 g/mol. The molecule has 1 heterocycles. The summed E-state index contributed by atoms with van der Waals surface area (Å²) in [5.41, 5.74) is 6.51. The number of fused-ring (bicyclic) bond motifs is 1. The van der Waals surface area contributed by atoms with Crippen molar-refractivity contribution in [3.63, 3.8) is 0 Å². The van der Waals surface area contributed by atoms with Crippen LogP contribution in [0.3, 0.4) is 0 Å². The van der Waals surface area contributed by atoms with E-state index in [-0.39, 0.29) is 24.9 Å². The van der Waals surface area contributed by atoms with Gasteiger partial charge in [0.25, 0.3) is 0 Å². The number of hydroxylamine groups is 1. The van der Waals surface area contributed by atoms with Gasteiger partial charge >= 0.3 is 5.97 Å². The normalized spacial score (nSPS) is 43.0. The van der Waals surface area contributed by atoms with Crippen LogP contribution in [-0.2, 0) is 14.4 Å². The molecule has 0 aromatic heterocycles. The van der Waals surface area contributed by atoms with Gasteiger partial charge in [-0.1, -0.05) is 0 Å². The molecule has 4 N–H and O–H groups in total. The molecule has 0 aromatic rings. The molecule has 13 heavy (non-hydrogen) atoms. The summed E-state index contributed by atoms with van der Waals surface area (Å²) >= 11 is 0. The number of nitrogens with one attached hydrogen (secondary N) is 1. The van der Waals surface area contributed by atoms with Gasteiger partial charge in [0.1, 0.15) is 5.54 Å². The minimum atomic E-state index is -1.30. The van der Waals surface area contributed by atoms with E-state index in [2.05, 4.69) is 5.48 Å². The van der Waals surface area contributed by atoms with Gasteiger partial charge < -0.3 is 10.8 Å². The summed E-state index contributed by atoms with van der Waals surface area (Å²) in [5, 5.41) is 8.80. The van der Waals surface area contributed by atoms with Crippen LogP contribution in [0.2, 0.25) is 0 Å². The highest BCUT2D eigenvalue weighted by Gasteiger charge is 2.54. The van der Waals surface area contributed by atoms with E-state index in [1.54, 1.807) is 0 Å². The number of hydrogen-bond acceptors (Lipinski definition) is 4. The molecule has 6 heteroatoms. The maximum atomic E-state index is 11.1. The molecule has 72 valence electrons. The Kier molecular flexibility index (Phi) is 1.58. The first-order chi connectivity index (χ1) is 6.03. The summed E-state index contributed by atoms with van der Waals surface area (Å²) < 4.78 is 0. The van der Waals surface area contributed by atoms with Crippen LogP contribution in [0.4, 0.5) is 0 Å². The van der Waals surface area contributed by atoms with Gasteiger partial charge in [0.15, 0.2) is 0 Å². The molecule has 2 aliphatic rings. The predicted molar refractivity (Wildman–Crippen MR) is 40.3 cm³/mol. The Bertz CT molecular complexity index is 278. The zero-order valence-electron chi connectivity index (χ0n) is 6.82. The van der Waals surface area contributed by atoms with Crippen molar-refractivity contribution < 1.29 is 19.5 Å². The fourth-order valence-electron chi connectivity index (χ4n) is 1.88. The smallest absolute Gasteiger partial charge is 0.323 e. The van der Waals surface area contributed by atoms with Crippen LogP contribution in [0, 0.1) is 5.92 Å². The molecule has 3 atom stereocenters. The molecule has 6 nitrogen and oxygen atoms in total. The summed E-state index contributed by atoms with van der Waals surface area (Å²) in [6, 6.07) is 0. The number of amides is 1. The molecule has 1 saturated carbocycles. The molecule has 0 radical (unpaired) electrons. The second-order valence-electron chi connectivity index (χ2n) is 3.60. The largest absolute Gasteiger partial charge is 0.480 e. The van der Waals surface area contributed by atoms with Gasteiger partial charge in [0.05, 0.1) is 12.0 Å². The van der Waals surface area contributed by atoms with E-state index in [0.29, 0.717) is 0 Å². The summed E-state index contributed by atoms with van der Waals surface area (Å²) in [6.45, 7) is 0. The van der Waals surface area contributed by atoms with Gasteiger partial charge in [0, 0.05) is 6.42 Å². The van der Waals surface area contributed by atoms with Crippen LogP contribution in [0.5, 0.6) is 0 Å². The van der Waals surface area contributed by atoms with E-state index < -0.39 is 17.4 Å². The summed E-state index contributed by atoms with van der Waals surface area (Å²) in [7, 11) is 0. The van der Waals surface area contributed by atoms with Crippen molar-refractivity contribution >= 4 is 11.9 Å². The highest BCUT2D eigenvalue weighted by molar-refractivity contribution is 5.85. The summed E-state index contributed by atoms with van der Waals surface area (Å²) in [6.07, 6.45) is -0.0431. The summed E-state index contributed by atoms with van der Waals surface area (Å²) in [4.78, 5) is 26.7. The number of carboxylic acid groups (broad SMARTS) is 1. The van der Waals surface area contributed by atoms with Crippen LogP contribution in [0.15, 0.2) is 0 Å². The van der Waals surface area contributed by atoms with Gasteiger partial charge in [-0.15, -0.1) is 0 Å². The number of carbonyl (C=O) groups excluding carboxylic acids is 1. The molecule has 0 bridgehead atoms. The van der Waals surface area contributed by atoms with Crippen LogP contribution < -0.4 is 11.2 Å². The van der Waals surface area contributed by atoms with Crippen molar-refractivity contribution in [3.8, 4) is 0 Å². The van der Waals surface area contributed by atoms with E-state index in [4.69, 9.17) is 15.7 Å². The first-order valence-electron chi connectivity index (χ1n) is 4.01. The second-order valence-corrected chi connectivity index (χ2v) is 3.60. The third-order valence-corrected chi connectivity index (χ3v) is 2.67. The van der Waals surface area contributed by atoms with E-state index in [9.17, 15) is 9.59 Å². The average molecular weight is 186 g/mol. The average Bonchev–Trinajstić information content (AvgIpc) is 2.52. The molecule has 1 aliphatic heterocycles. The van der Waals surface area contributed by atoms with Crippen molar-refractivity contribution in [3.05, 3.63) is 0 Å². The quantitative estimate of drug-likeness (QED) is 0.468. The number of hydrogen-bond donors (Lipinski definition) is 3. The van der Waals surface area contributed by atoms with Crippen molar-refractivity contribution in [2.75, 3.05) is 0 Å². The lowest BCUT2D eigenvalue weighted by molar-refractivity contribution is -0.144. The van der Waals surface area contributed by atoms with Crippen molar-refractivity contribution in [2.45, 2.75) is 24.5 Å². The lowest BCUT2D eigenvalue weighted by atomic mass is 9.97. The van der Waals surface area contributed by atoms with E-state index in [1.807, 2.05) is 0 Å². The van der Waals surface area contributed by atoms with E-state index >= 15 is 0 Å². The monoisotopic (exact) mass is 186 g/mol. The van der Waals surface area contributed by atoms with Gasteiger partial charge in [-0.05, 0) is 6.42 Å². The first-order valence-corrected chi connectivity index (χ1v) is 4.01. The molecule has 1 amide bonds. The standard InChI is InChI=1S/C7H10N2O4/c8-7(6(11)12)1-3-4(2-7)13-9-5(3)10/h3-4H,1-2,8H2,(H,9,10)(H,11,12)/t3-,4+,7-/m0/s1. The predicted octanol–water partition coefficient (Wildman–Crippen LogP) is -1.39. The van der Waals surface area contributed by atoms with Gasteiger partial charge in [-0.2, -0.15) is 0 Å². The Morgan fingerprint density at radius 2 is 2.38 bits per heavy atom. The molecular formula is C7H10N2O4. The van der Waals surface area contributed by atoms with Crippen LogP contribution >= 0.6 is 0 Å². The van der Waals surface area contributed by atoms with Crippen LogP contribution in [-0.4, -0.2) is 28.6 Å². The minimum Gasteiger partial charge on any atom is -0.480 e. The minimum absolute atomic E-state index is 0.152. The zero-order valence-corrected chi connectivity index (χ0v) is 6.82. The number of aliphatic carboxylic acids is 1. The Morgan fingerprint density at radius 1 is 1.69 bits per heavy atom. The Balaban J connectivity index is 2.18. The number of nitrogens with two attached hydrogens (primary N) is 1. The summed E-state index contributed by atoms with van der Waals surface area (Å²) in [5.74, 6) is -1.74. The maximum Gasteiger partial charge on any atom is 0.323 e. The SMILES string of the molecule is N[C@@]1(C(=O)O)C[C@@H]2C(=O)NO[C@@H]2C1. The van der Waals surface area contributed by atoms with Crippen LogP contribution in [0.1, 0.15) is 12.8 Å². The Morgan fingerprint density at radius 3 is 2.92 bits per heavy atom. The molecule has 1 aliphatic carbocycles. The van der Waals surface area contributed by atoms with Crippen molar-refractivity contribution in [2.24, 2.45) is 11.7 Å². The Hall–Kier alpha value is -1.14. The maximum absolute atomic E-state index is 11.1. The molecule has 2 rings (SSSR count). The molecule has 2 fully saturated rings. The van der Waals surface area contributed by atoms with Crippen molar-refractivity contribution in [1.29, 1.82) is 0 Å².